The highest BCUT2D eigenvalue weighted by molar-refractivity contribution is 5.86. The van der Waals surface area contributed by atoms with Gasteiger partial charge in [0.25, 0.3) is 5.78 Å². The SMILES string of the molecule is COCCN1CCN(C(=O)[C@@H]2CCN2c2nc(N)n3nc(-c4ccc(C)o4)nc3n2)CC1. The van der Waals surface area contributed by atoms with Crippen molar-refractivity contribution in [3.05, 3.63) is 17.9 Å². The number of amides is 1. The van der Waals surface area contributed by atoms with Gasteiger partial charge in [0.2, 0.25) is 23.6 Å². The second-order valence-electron chi connectivity index (χ2n) is 8.10. The summed E-state index contributed by atoms with van der Waals surface area (Å²) in [5.74, 6) is 2.68. The molecule has 0 saturated carbocycles. The van der Waals surface area contributed by atoms with E-state index < -0.39 is 0 Å². The van der Waals surface area contributed by atoms with Crippen molar-refractivity contribution in [2.24, 2.45) is 0 Å². The lowest BCUT2D eigenvalue weighted by atomic mass is 10.0. The maximum Gasteiger partial charge on any atom is 0.259 e. The largest absolute Gasteiger partial charge is 0.458 e. The molecule has 1 amide bonds. The Hall–Kier alpha value is -3.25. The molecule has 2 saturated heterocycles. The Kier molecular flexibility index (Phi) is 5.39. The molecule has 0 spiro atoms. The number of aromatic nitrogens is 5. The lowest BCUT2D eigenvalue weighted by Gasteiger charge is -2.44. The normalized spacial score (nSPS) is 19.5. The Balaban J connectivity index is 1.30. The number of anilines is 2. The van der Waals surface area contributed by atoms with Crippen molar-refractivity contribution < 1.29 is 13.9 Å². The molecule has 2 N–H and O–H groups in total. The molecular formula is C20H27N9O3. The second kappa shape index (κ2) is 8.36. The summed E-state index contributed by atoms with van der Waals surface area (Å²) >= 11 is 0. The van der Waals surface area contributed by atoms with Crippen LogP contribution in [0.5, 0.6) is 0 Å². The minimum Gasteiger partial charge on any atom is -0.458 e. The van der Waals surface area contributed by atoms with Gasteiger partial charge in [-0.25, -0.2) is 0 Å². The smallest absolute Gasteiger partial charge is 0.259 e. The number of ether oxygens (including phenoxy) is 1. The first-order valence-electron chi connectivity index (χ1n) is 10.8. The van der Waals surface area contributed by atoms with Crippen LogP contribution < -0.4 is 10.6 Å². The summed E-state index contributed by atoms with van der Waals surface area (Å²) in [6.07, 6.45) is 0.765. The van der Waals surface area contributed by atoms with E-state index in [1.165, 1.54) is 4.52 Å². The predicted octanol–water partition coefficient (Wildman–Crippen LogP) is 0.0392. The van der Waals surface area contributed by atoms with Crippen LogP contribution in [0.25, 0.3) is 17.4 Å². The Morgan fingerprint density at radius 1 is 1.19 bits per heavy atom. The van der Waals surface area contributed by atoms with Crippen molar-refractivity contribution >= 4 is 23.6 Å². The van der Waals surface area contributed by atoms with Gasteiger partial charge in [-0.05, 0) is 25.5 Å². The Bertz CT molecular complexity index is 1120. The maximum atomic E-state index is 13.1. The van der Waals surface area contributed by atoms with E-state index in [0.717, 1.165) is 31.8 Å². The molecule has 5 heterocycles. The summed E-state index contributed by atoms with van der Waals surface area (Å²) in [5, 5.41) is 4.35. The molecule has 170 valence electrons. The molecule has 0 aliphatic carbocycles. The minimum atomic E-state index is -0.280. The molecule has 1 atom stereocenters. The van der Waals surface area contributed by atoms with E-state index in [-0.39, 0.29) is 17.9 Å². The molecule has 5 rings (SSSR count). The van der Waals surface area contributed by atoms with E-state index in [0.29, 0.717) is 49.6 Å². The summed E-state index contributed by atoms with van der Waals surface area (Å²) in [6.45, 7) is 7.27. The number of fused-ring (bicyclic) bond motifs is 1. The standard InChI is InChI=1S/C20H27N9O3/c1-13-3-4-15(32-13)16-22-20-24-19(23-18(21)29(20)25-16)28-6-5-14(28)17(30)27-9-7-26(8-10-27)11-12-31-2/h3-4,14H,5-12H2,1-2H3,(H2,21,22,23,24,25)/t14-/m0/s1. The Morgan fingerprint density at radius 3 is 2.66 bits per heavy atom. The molecule has 3 aromatic rings. The van der Waals surface area contributed by atoms with Crippen LogP contribution in [0.1, 0.15) is 12.2 Å². The van der Waals surface area contributed by atoms with Gasteiger partial charge in [-0.2, -0.15) is 19.5 Å². The third-order valence-corrected chi connectivity index (χ3v) is 6.04. The fraction of sp³-hybridized carbons (Fsp3) is 0.550. The Labute approximate surface area is 185 Å². The third-order valence-electron chi connectivity index (χ3n) is 6.04. The molecule has 0 unspecified atom stereocenters. The molecule has 2 aliphatic heterocycles. The zero-order valence-corrected chi connectivity index (χ0v) is 18.3. The van der Waals surface area contributed by atoms with Crippen molar-refractivity contribution in [1.82, 2.24) is 34.4 Å². The topological polar surface area (TPSA) is 131 Å². The number of furan rings is 1. The summed E-state index contributed by atoms with van der Waals surface area (Å²) in [6, 6.07) is 3.36. The van der Waals surface area contributed by atoms with Crippen LogP contribution in [0.15, 0.2) is 16.5 Å². The summed E-state index contributed by atoms with van der Waals surface area (Å²) in [4.78, 5) is 32.6. The predicted molar refractivity (Wildman–Crippen MR) is 116 cm³/mol. The molecule has 0 aromatic carbocycles. The molecule has 0 radical (unpaired) electrons. The van der Waals surface area contributed by atoms with Crippen LogP contribution in [-0.4, -0.2) is 99.3 Å². The molecular weight excluding hydrogens is 414 g/mol. The van der Waals surface area contributed by atoms with Gasteiger partial charge >= 0.3 is 0 Å². The fourth-order valence-corrected chi connectivity index (χ4v) is 4.09. The highest BCUT2D eigenvalue weighted by Gasteiger charge is 2.39. The first-order chi connectivity index (χ1) is 15.5. The number of nitrogen functional groups attached to an aromatic ring is 1. The summed E-state index contributed by atoms with van der Waals surface area (Å²) < 4.78 is 12.1. The van der Waals surface area contributed by atoms with Crippen LogP contribution in [0.3, 0.4) is 0 Å². The lowest BCUT2D eigenvalue weighted by molar-refractivity contribution is -0.135. The highest BCUT2D eigenvalue weighted by Crippen LogP contribution is 2.27. The number of aryl methyl sites for hydroxylation is 1. The number of piperazine rings is 1. The van der Waals surface area contributed by atoms with Gasteiger partial charge in [0, 0.05) is 46.4 Å². The van der Waals surface area contributed by atoms with Crippen LogP contribution in [-0.2, 0) is 9.53 Å². The number of methoxy groups -OCH3 is 1. The Morgan fingerprint density at radius 2 is 2.00 bits per heavy atom. The number of rotatable bonds is 6. The molecule has 2 fully saturated rings. The first-order valence-corrected chi connectivity index (χ1v) is 10.8. The van der Waals surface area contributed by atoms with Crippen molar-refractivity contribution in [3.63, 3.8) is 0 Å². The zero-order valence-electron chi connectivity index (χ0n) is 18.3. The third kappa shape index (κ3) is 3.75. The van der Waals surface area contributed by atoms with Gasteiger partial charge in [0.1, 0.15) is 11.8 Å². The quantitative estimate of drug-likeness (QED) is 0.559. The van der Waals surface area contributed by atoms with Crippen molar-refractivity contribution in [2.75, 3.05) is 63.6 Å². The van der Waals surface area contributed by atoms with Crippen LogP contribution in [0.4, 0.5) is 11.9 Å². The molecule has 0 bridgehead atoms. The average molecular weight is 441 g/mol. The van der Waals surface area contributed by atoms with Crippen molar-refractivity contribution in [1.29, 1.82) is 0 Å². The van der Waals surface area contributed by atoms with Gasteiger partial charge in [0.15, 0.2) is 5.76 Å². The average Bonchev–Trinajstić information content (AvgIpc) is 3.38. The van der Waals surface area contributed by atoms with Crippen LogP contribution in [0.2, 0.25) is 0 Å². The number of hydrogen-bond donors (Lipinski definition) is 1. The second-order valence-corrected chi connectivity index (χ2v) is 8.10. The van der Waals surface area contributed by atoms with Crippen LogP contribution in [0, 0.1) is 6.92 Å². The summed E-state index contributed by atoms with van der Waals surface area (Å²) in [7, 11) is 1.70. The number of nitrogens with two attached hydrogens (primary N) is 1. The van der Waals surface area contributed by atoms with Gasteiger partial charge in [-0.15, -0.1) is 5.10 Å². The van der Waals surface area contributed by atoms with Crippen LogP contribution >= 0.6 is 0 Å². The van der Waals surface area contributed by atoms with E-state index >= 15 is 0 Å². The van der Waals surface area contributed by atoms with E-state index in [9.17, 15) is 4.79 Å². The minimum absolute atomic E-state index is 0.109. The first kappa shape index (κ1) is 20.6. The maximum absolute atomic E-state index is 13.1. The van der Waals surface area contributed by atoms with Gasteiger partial charge in [0.05, 0.1) is 6.61 Å². The molecule has 32 heavy (non-hydrogen) atoms. The van der Waals surface area contributed by atoms with Gasteiger partial charge < -0.3 is 24.7 Å². The van der Waals surface area contributed by atoms with Gasteiger partial charge in [-0.3, -0.25) is 9.69 Å². The zero-order chi connectivity index (χ0) is 22.2. The van der Waals surface area contributed by atoms with E-state index in [1.807, 2.05) is 22.8 Å². The van der Waals surface area contributed by atoms with Crippen molar-refractivity contribution in [3.8, 4) is 11.6 Å². The number of carbonyl (C=O) groups is 1. The monoisotopic (exact) mass is 441 g/mol. The van der Waals surface area contributed by atoms with E-state index in [1.54, 1.807) is 13.2 Å². The molecule has 12 nitrogen and oxygen atoms in total. The number of nitrogens with zero attached hydrogens (tertiary/aromatic N) is 8. The van der Waals surface area contributed by atoms with Gasteiger partial charge in [-0.1, -0.05) is 0 Å². The number of hydrogen-bond acceptors (Lipinski definition) is 10. The van der Waals surface area contributed by atoms with E-state index in [4.69, 9.17) is 14.9 Å². The van der Waals surface area contributed by atoms with E-state index in [2.05, 4.69) is 25.0 Å². The van der Waals surface area contributed by atoms with Crippen molar-refractivity contribution in [2.45, 2.75) is 19.4 Å². The summed E-state index contributed by atoms with van der Waals surface area (Å²) in [5.41, 5.74) is 6.13. The highest BCUT2D eigenvalue weighted by atomic mass is 16.5. The lowest BCUT2D eigenvalue weighted by Crippen LogP contribution is -2.60. The molecule has 2 aliphatic rings. The molecule has 3 aromatic heterocycles. The molecule has 12 heteroatoms. The fourth-order valence-electron chi connectivity index (χ4n) is 4.09. The number of carbonyl (C=O) groups excluding carboxylic acids is 1.